The van der Waals surface area contributed by atoms with Gasteiger partial charge in [0.1, 0.15) is 0 Å². The van der Waals surface area contributed by atoms with E-state index >= 15 is 0 Å². The number of fused-ring (bicyclic) bond motifs is 7. The normalized spacial score (nSPS) is 16.2. The van der Waals surface area contributed by atoms with Crippen LogP contribution in [0.25, 0.3) is 43.6 Å². The molecule has 9 rings (SSSR count). The van der Waals surface area contributed by atoms with E-state index in [1.54, 1.807) is 0 Å². The molecule has 1 heterocycles. The van der Waals surface area contributed by atoms with Crippen LogP contribution in [0.15, 0.2) is 127 Å². The molecular weight excluding hydrogens is 563 g/mol. The third-order valence-electron chi connectivity index (χ3n) is 10.2. The second-order valence-corrected chi connectivity index (χ2v) is 14.2. The highest BCUT2D eigenvalue weighted by atomic mass is 32.1. The van der Waals surface area contributed by atoms with Crippen molar-refractivity contribution in [1.29, 1.82) is 0 Å². The van der Waals surface area contributed by atoms with Gasteiger partial charge in [-0.3, -0.25) is 0 Å². The number of benzene rings is 5. The second kappa shape index (κ2) is 10.2. The van der Waals surface area contributed by atoms with E-state index in [4.69, 9.17) is 0 Å². The van der Waals surface area contributed by atoms with Gasteiger partial charge in [0.15, 0.2) is 0 Å². The molecule has 3 aliphatic rings. The summed E-state index contributed by atoms with van der Waals surface area (Å²) < 4.78 is 1.41. The van der Waals surface area contributed by atoms with Crippen LogP contribution in [0, 0.1) is 0 Å². The highest BCUT2D eigenvalue weighted by Crippen LogP contribution is 2.53. The van der Waals surface area contributed by atoms with E-state index in [0.29, 0.717) is 0 Å². The Morgan fingerprint density at radius 1 is 0.644 bits per heavy atom. The molecular formula is C43H35NS. The molecule has 0 saturated carbocycles. The number of thiophene rings is 1. The van der Waals surface area contributed by atoms with Crippen LogP contribution in [-0.4, -0.2) is 0 Å². The molecule has 0 aliphatic heterocycles. The zero-order valence-corrected chi connectivity index (χ0v) is 26.6. The van der Waals surface area contributed by atoms with Gasteiger partial charge >= 0.3 is 0 Å². The minimum Gasteiger partial charge on any atom is -0.310 e. The Bertz CT molecular complexity index is 2220. The van der Waals surface area contributed by atoms with Crippen molar-refractivity contribution in [2.45, 2.75) is 44.9 Å². The quantitative estimate of drug-likeness (QED) is 0.195. The molecule has 0 bridgehead atoms. The first-order valence-electron chi connectivity index (χ1n) is 16.2. The van der Waals surface area contributed by atoms with Crippen LogP contribution in [0.2, 0.25) is 0 Å². The van der Waals surface area contributed by atoms with Crippen molar-refractivity contribution in [2.24, 2.45) is 0 Å². The minimum absolute atomic E-state index is 0.0241. The monoisotopic (exact) mass is 597 g/mol. The van der Waals surface area contributed by atoms with E-state index in [1.807, 2.05) is 11.3 Å². The zero-order valence-electron chi connectivity index (χ0n) is 25.8. The molecule has 0 N–H and O–H groups in total. The van der Waals surface area contributed by atoms with Gasteiger partial charge in [0.25, 0.3) is 0 Å². The second-order valence-electron chi connectivity index (χ2n) is 13.1. The van der Waals surface area contributed by atoms with Crippen molar-refractivity contribution in [3.05, 3.63) is 148 Å². The number of rotatable bonds is 4. The third-order valence-corrected chi connectivity index (χ3v) is 11.5. The maximum absolute atomic E-state index is 2.51. The number of hydrogen-bond acceptors (Lipinski definition) is 2. The Labute approximate surface area is 269 Å². The van der Waals surface area contributed by atoms with E-state index in [1.165, 1.54) is 81.8 Å². The van der Waals surface area contributed by atoms with Gasteiger partial charge in [-0.05, 0) is 95.0 Å². The fourth-order valence-corrected chi connectivity index (χ4v) is 9.24. The van der Waals surface area contributed by atoms with Gasteiger partial charge in [0, 0.05) is 42.5 Å². The van der Waals surface area contributed by atoms with Crippen LogP contribution in [0.5, 0.6) is 0 Å². The lowest BCUT2D eigenvalue weighted by molar-refractivity contribution is 0.651. The first-order valence-corrected chi connectivity index (χ1v) is 17.0. The number of nitrogens with zero attached hydrogens (tertiary/aromatic N) is 1. The van der Waals surface area contributed by atoms with Crippen molar-refractivity contribution in [1.82, 2.24) is 0 Å². The lowest BCUT2D eigenvalue weighted by Crippen LogP contribution is -2.18. The predicted molar refractivity (Wildman–Crippen MR) is 195 cm³/mol. The third kappa shape index (κ3) is 4.12. The highest BCUT2D eigenvalue weighted by molar-refractivity contribution is 7.20. The number of hydrogen-bond donors (Lipinski definition) is 0. The summed E-state index contributed by atoms with van der Waals surface area (Å²) in [6, 6.07) is 38.6. The summed E-state index contributed by atoms with van der Waals surface area (Å²) in [6.45, 7) is 4.80. The molecule has 0 fully saturated rings. The van der Waals surface area contributed by atoms with Crippen LogP contribution in [0.3, 0.4) is 0 Å². The van der Waals surface area contributed by atoms with Gasteiger partial charge in [0.05, 0.1) is 5.69 Å². The lowest BCUT2D eigenvalue weighted by Gasteiger charge is -2.30. The highest BCUT2D eigenvalue weighted by Gasteiger charge is 2.37. The van der Waals surface area contributed by atoms with Crippen LogP contribution < -0.4 is 4.90 Å². The molecule has 3 aliphatic carbocycles. The van der Waals surface area contributed by atoms with Crippen molar-refractivity contribution < 1.29 is 0 Å². The molecule has 45 heavy (non-hydrogen) atoms. The summed E-state index contributed by atoms with van der Waals surface area (Å²) in [4.78, 5) is 4.02. The number of anilines is 3. The van der Waals surface area contributed by atoms with Crippen molar-refractivity contribution in [3.63, 3.8) is 0 Å². The van der Waals surface area contributed by atoms with Crippen LogP contribution in [0.1, 0.15) is 54.7 Å². The van der Waals surface area contributed by atoms with Crippen molar-refractivity contribution >= 4 is 60.9 Å². The van der Waals surface area contributed by atoms with E-state index in [-0.39, 0.29) is 5.41 Å². The van der Waals surface area contributed by atoms with Crippen molar-refractivity contribution in [2.75, 3.05) is 4.90 Å². The Hall–Kier alpha value is -4.66. The Morgan fingerprint density at radius 3 is 2.20 bits per heavy atom. The lowest BCUT2D eigenvalue weighted by atomic mass is 9.80. The molecule has 0 unspecified atom stereocenters. The number of allylic oxidation sites excluding steroid dienone is 5. The summed E-state index contributed by atoms with van der Waals surface area (Å²) in [5, 5.41) is 4.00. The van der Waals surface area contributed by atoms with E-state index < -0.39 is 0 Å². The smallest absolute Gasteiger partial charge is 0.0547 e. The first kappa shape index (κ1) is 26.7. The molecule has 6 aromatic rings. The largest absolute Gasteiger partial charge is 0.310 e. The van der Waals surface area contributed by atoms with Gasteiger partial charge in [0.2, 0.25) is 0 Å². The van der Waals surface area contributed by atoms with Gasteiger partial charge in [-0.15, -0.1) is 11.3 Å². The van der Waals surface area contributed by atoms with E-state index in [0.717, 1.165) is 25.7 Å². The van der Waals surface area contributed by atoms with Gasteiger partial charge in [-0.2, -0.15) is 0 Å². The standard InChI is InChI=1S/C43H35NS/c1-43(2)38-18-10-8-14-32(38)33-25-24-31(26-39(33)43)44(30-22-20-29(21-23-30)28-12-4-3-5-13-28)40-27-37-35-16-9-11-19-41(35)45-42(37)36-17-7-6-15-34(36)40/h3-7,9-10,12-13,15-18,20-27H,8,11,14,19H2,1-2H3. The van der Waals surface area contributed by atoms with Gasteiger partial charge in [-0.1, -0.05) is 111 Å². The van der Waals surface area contributed by atoms with Crippen molar-refractivity contribution in [3.8, 4) is 11.1 Å². The maximum atomic E-state index is 2.51. The molecule has 1 nitrogen and oxygen atoms in total. The van der Waals surface area contributed by atoms with Crippen LogP contribution in [-0.2, 0) is 11.8 Å². The zero-order chi connectivity index (χ0) is 30.1. The SMILES string of the molecule is CC1(C)C2=C(CCC=C2)c2ccc(N(c3ccc(-c4ccccc4)cc3)c3cc4c5c(sc4c4ccccc34)CCC=C5)cc21. The Kier molecular flexibility index (Phi) is 6.05. The molecule has 1 aromatic heterocycles. The molecule has 0 atom stereocenters. The molecule has 5 aromatic carbocycles. The van der Waals surface area contributed by atoms with Crippen LogP contribution in [0.4, 0.5) is 17.1 Å². The summed E-state index contributed by atoms with van der Waals surface area (Å²) in [7, 11) is 0. The maximum Gasteiger partial charge on any atom is 0.0547 e. The van der Waals surface area contributed by atoms with Gasteiger partial charge < -0.3 is 4.90 Å². The van der Waals surface area contributed by atoms with Gasteiger partial charge in [-0.25, -0.2) is 0 Å². The molecule has 0 radical (unpaired) electrons. The van der Waals surface area contributed by atoms with E-state index in [9.17, 15) is 0 Å². The summed E-state index contributed by atoms with van der Waals surface area (Å²) >= 11 is 1.99. The summed E-state index contributed by atoms with van der Waals surface area (Å²) in [5.74, 6) is 0. The predicted octanol–water partition coefficient (Wildman–Crippen LogP) is 12.5. The first-order chi connectivity index (χ1) is 22.1. The average Bonchev–Trinajstić information content (AvgIpc) is 3.58. The number of aryl methyl sites for hydroxylation is 1. The molecule has 0 saturated heterocycles. The summed E-state index contributed by atoms with van der Waals surface area (Å²) in [6.07, 6.45) is 13.9. The molecule has 2 heteroatoms. The molecule has 218 valence electrons. The average molecular weight is 598 g/mol. The fourth-order valence-electron chi connectivity index (χ4n) is 7.92. The molecule has 0 spiro atoms. The van der Waals surface area contributed by atoms with Crippen LogP contribution >= 0.6 is 11.3 Å². The van der Waals surface area contributed by atoms with E-state index in [2.05, 4.69) is 146 Å². The summed E-state index contributed by atoms with van der Waals surface area (Å²) in [5.41, 5.74) is 13.4. The topological polar surface area (TPSA) is 3.24 Å². The Morgan fingerprint density at radius 2 is 1.36 bits per heavy atom. The molecule has 0 amide bonds. The fraction of sp³-hybridized carbons (Fsp3) is 0.163. The minimum atomic E-state index is -0.0241. The Balaban J connectivity index is 1.29.